The molecule has 0 saturated heterocycles. The Hall–Kier alpha value is -2.01. The summed E-state index contributed by atoms with van der Waals surface area (Å²) >= 11 is 1.22. The molecule has 0 bridgehead atoms. The van der Waals surface area contributed by atoms with E-state index in [2.05, 4.69) is 5.32 Å². The standard InChI is InChI=1S/C15H16N2O2S/c1-11-6-5-7-13(12(11)2)16-14(18)10-20-15-8-3-4-9-17(15)19/h3-9H,10H2,1-2H3,(H,16,18). The molecule has 0 aliphatic carbocycles. The van der Waals surface area contributed by atoms with Crippen LogP contribution in [-0.4, -0.2) is 11.7 Å². The number of thioether (sulfide) groups is 1. The lowest BCUT2D eigenvalue weighted by Crippen LogP contribution is -2.28. The van der Waals surface area contributed by atoms with Crippen molar-refractivity contribution < 1.29 is 9.52 Å². The number of pyridine rings is 1. The van der Waals surface area contributed by atoms with E-state index in [1.54, 1.807) is 18.2 Å². The molecule has 0 aliphatic heterocycles. The molecule has 1 aromatic heterocycles. The van der Waals surface area contributed by atoms with Gasteiger partial charge in [-0.25, -0.2) is 0 Å². The number of amides is 1. The summed E-state index contributed by atoms with van der Waals surface area (Å²) in [4.78, 5) is 11.9. The average Bonchev–Trinajstić information content (AvgIpc) is 2.43. The van der Waals surface area contributed by atoms with Crippen LogP contribution in [0, 0.1) is 19.1 Å². The van der Waals surface area contributed by atoms with Crippen LogP contribution < -0.4 is 10.0 Å². The maximum absolute atomic E-state index is 11.9. The Bertz CT molecular complexity index is 629. The molecule has 1 aromatic carbocycles. The van der Waals surface area contributed by atoms with E-state index < -0.39 is 0 Å². The van der Waals surface area contributed by atoms with Crippen LogP contribution in [0.15, 0.2) is 47.6 Å². The molecule has 1 N–H and O–H groups in total. The van der Waals surface area contributed by atoms with Crippen LogP contribution in [0.2, 0.25) is 0 Å². The summed E-state index contributed by atoms with van der Waals surface area (Å²) in [7, 11) is 0. The molecule has 0 unspecified atom stereocenters. The molecular formula is C15H16N2O2S. The number of nitrogens with zero attached hydrogens (tertiary/aromatic N) is 1. The lowest BCUT2D eigenvalue weighted by molar-refractivity contribution is -0.645. The monoisotopic (exact) mass is 288 g/mol. The zero-order chi connectivity index (χ0) is 14.5. The van der Waals surface area contributed by atoms with E-state index in [-0.39, 0.29) is 11.7 Å². The van der Waals surface area contributed by atoms with Crippen molar-refractivity contribution in [1.82, 2.24) is 0 Å². The van der Waals surface area contributed by atoms with Gasteiger partial charge in [-0.1, -0.05) is 12.1 Å². The van der Waals surface area contributed by atoms with Gasteiger partial charge in [0.05, 0.1) is 5.75 Å². The Morgan fingerprint density at radius 2 is 2.05 bits per heavy atom. The summed E-state index contributed by atoms with van der Waals surface area (Å²) < 4.78 is 0.760. The van der Waals surface area contributed by atoms with Crippen LogP contribution in [0.5, 0.6) is 0 Å². The van der Waals surface area contributed by atoms with Gasteiger partial charge < -0.3 is 10.5 Å². The minimum absolute atomic E-state index is 0.118. The lowest BCUT2D eigenvalue weighted by atomic mass is 10.1. The highest BCUT2D eigenvalue weighted by atomic mass is 32.2. The molecule has 1 amide bonds. The molecule has 0 aliphatic rings. The molecule has 104 valence electrons. The highest BCUT2D eigenvalue weighted by molar-refractivity contribution is 7.99. The number of anilines is 1. The second-order valence-corrected chi connectivity index (χ2v) is 5.44. The normalized spacial score (nSPS) is 10.3. The summed E-state index contributed by atoms with van der Waals surface area (Å²) in [5.74, 6) is 0.0900. The van der Waals surface area contributed by atoms with Gasteiger partial charge in [-0.15, -0.1) is 0 Å². The van der Waals surface area contributed by atoms with E-state index in [9.17, 15) is 10.0 Å². The first-order valence-corrected chi connectivity index (χ1v) is 7.23. The van der Waals surface area contributed by atoms with Gasteiger partial charge in [0, 0.05) is 17.8 Å². The minimum Gasteiger partial charge on any atom is -0.618 e. The Morgan fingerprint density at radius 3 is 2.80 bits per heavy atom. The SMILES string of the molecule is Cc1cccc(NC(=O)CSc2cccc[n+]2[O-])c1C. The van der Waals surface area contributed by atoms with Gasteiger partial charge in [0.15, 0.2) is 6.20 Å². The number of aryl methyl sites for hydroxylation is 1. The maximum atomic E-state index is 11.9. The fourth-order valence-corrected chi connectivity index (χ4v) is 2.45. The number of carbonyl (C=O) groups is 1. The largest absolute Gasteiger partial charge is 0.618 e. The number of nitrogens with one attached hydrogen (secondary N) is 1. The number of carbonyl (C=O) groups excluding carboxylic acids is 1. The molecule has 0 saturated carbocycles. The van der Waals surface area contributed by atoms with Crippen LogP contribution in [0.25, 0.3) is 0 Å². The minimum atomic E-state index is -0.118. The van der Waals surface area contributed by atoms with Crippen molar-refractivity contribution in [1.29, 1.82) is 0 Å². The van der Waals surface area contributed by atoms with Crippen molar-refractivity contribution in [2.45, 2.75) is 18.9 Å². The summed E-state index contributed by atoms with van der Waals surface area (Å²) in [6.07, 6.45) is 1.42. The van der Waals surface area contributed by atoms with Crippen molar-refractivity contribution in [3.63, 3.8) is 0 Å². The smallest absolute Gasteiger partial charge is 0.251 e. The fourth-order valence-electron chi connectivity index (χ4n) is 1.74. The number of benzene rings is 1. The first kappa shape index (κ1) is 14.4. The van der Waals surface area contributed by atoms with Crippen LogP contribution in [0.3, 0.4) is 0 Å². The Labute approximate surface area is 122 Å². The van der Waals surface area contributed by atoms with Gasteiger partial charge in [-0.3, -0.25) is 4.79 Å². The van der Waals surface area contributed by atoms with E-state index in [1.165, 1.54) is 18.0 Å². The maximum Gasteiger partial charge on any atom is 0.251 e. The summed E-state index contributed by atoms with van der Waals surface area (Å²) in [6, 6.07) is 10.9. The molecule has 0 fully saturated rings. The van der Waals surface area contributed by atoms with Gasteiger partial charge >= 0.3 is 0 Å². The second-order valence-electron chi connectivity index (χ2n) is 4.45. The fraction of sp³-hybridized carbons (Fsp3) is 0.200. The third kappa shape index (κ3) is 3.51. The number of hydrogen-bond acceptors (Lipinski definition) is 3. The molecular weight excluding hydrogens is 272 g/mol. The molecule has 5 heteroatoms. The Kier molecular flexibility index (Phi) is 4.63. The topological polar surface area (TPSA) is 56.0 Å². The number of aromatic nitrogens is 1. The highest BCUT2D eigenvalue weighted by Gasteiger charge is 2.10. The van der Waals surface area contributed by atoms with Crippen molar-refractivity contribution in [3.8, 4) is 0 Å². The first-order chi connectivity index (χ1) is 9.58. The zero-order valence-electron chi connectivity index (χ0n) is 11.4. The third-order valence-corrected chi connectivity index (χ3v) is 4.04. The predicted octanol–water partition coefficient (Wildman–Crippen LogP) is 2.67. The number of rotatable bonds is 4. The van der Waals surface area contributed by atoms with E-state index in [0.717, 1.165) is 21.5 Å². The Morgan fingerprint density at radius 1 is 1.25 bits per heavy atom. The third-order valence-electron chi connectivity index (χ3n) is 3.02. The molecule has 0 spiro atoms. The van der Waals surface area contributed by atoms with Crippen LogP contribution in [0.4, 0.5) is 5.69 Å². The first-order valence-electron chi connectivity index (χ1n) is 6.25. The van der Waals surface area contributed by atoms with Gasteiger partial charge in [0.1, 0.15) is 0 Å². The average molecular weight is 288 g/mol. The van der Waals surface area contributed by atoms with E-state index in [0.29, 0.717) is 5.03 Å². The van der Waals surface area contributed by atoms with E-state index in [1.807, 2.05) is 32.0 Å². The molecule has 0 atom stereocenters. The van der Waals surface area contributed by atoms with Crippen molar-refractivity contribution >= 4 is 23.4 Å². The van der Waals surface area contributed by atoms with Crippen molar-refractivity contribution in [2.24, 2.45) is 0 Å². The Balaban J connectivity index is 1.96. The molecule has 0 radical (unpaired) electrons. The van der Waals surface area contributed by atoms with Crippen molar-refractivity contribution in [3.05, 3.63) is 58.9 Å². The highest BCUT2D eigenvalue weighted by Crippen LogP contribution is 2.19. The molecule has 20 heavy (non-hydrogen) atoms. The lowest BCUT2D eigenvalue weighted by Gasteiger charge is -2.10. The van der Waals surface area contributed by atoms with Crippen molar-refractivity contribution in [2.75, 3.05) is 11.1 Å². The zero-order valence-corrected chi connectivity index (χ0v) is 12.2. The van der Waals surface area contributed by atoms with Gasteiger partial charge in [-0.2, -0.15) is 4.73 Å². The second kappa shape index (κ2) is 6.43. The summed E-state index contributed by atoms with van der Waals surface area (Å²) in [6.45, 7) is 3.98. The summed E-state index contributed by atoms with van der Waals surface area (Å²) in [5.41, 5.74) is 3.01. The van der Waals surface area contributed by atoms with Crippen LogP contribution >= 0.6 is 11.8 Å². The summed E-state index contributed by atoms with van der Waals surface area (Å²) in [5, 5.41) is 14.8. The quantitative estimate of drug-likeness (QED) is 0.534. The van der Waals surface area contributed by atoms with Gasteiger partial charge in [0.2, 0.25) is 5.91 Å². The van der Waals surface area contributed by atoms with Gasteiger partial charge in [-0.05, 0) is 48.9 Å². The van der Waals surface area contributed by atoms with Crippen LogP contribution in [-0.2, 0) is 4.79 Å². The van der Waals surface area contributed by atoms with Gasteiger partial charge in [0.25, 0.3) is 5.03 Å². The number of hydrogen-bond donors (Lipinski definition) is 1. The predicted molar refractivity (Wildman–Crippen MR) is 80.7 cm³/mol. The van der Waals surface area contributed by atoms with E-state index >= 15 is 0 Å². The molecule has 2 aromatic rings. The molecule has 4 nitrogen and oxygen atoms in total. The molecule has 2 rings (SSSR count). The molecule has 1 heterocycles. The van der Waals surface area contributed by atoms with Crippen LogP contribution in [0.1, 0.15) is 11.1 Å². The van der Waals surface area contributed by atoms with E-state index in [4.69, 9.17) is 0 Å².